The van der Waals surface area contributed by atoms with Crippen LogP contribution in [0.5, 0.6) is 5.75 Å². The molecule has 0 aliphatic carbocycles. The topological polar surface area (TPSA) is 69.0 Å². The zero-order valence-electron chi connectivity index (χ0n) is 5.70. The van der Waals surface area contributed by atoms with Gasteiger partial charge in [0.05, 0.1) is 5.69 Å². The van der Waals surface area contributed by atoms with E-state index in [0.717, 1.165) is 12.1 Å². The minimum absolute atomic E-state index is 0.434. The Labute approximate surface area is 65.7 Å². The molecule has 1 aromatic carbocycles. The summed E-state index contributed by atoms with van der Waals surface area (Å²) >= 11 is 0. The molecule has 62 valence electrons. The molecule has 0 radical (unpaired) electrons. The molecule has 0 atom stereocenters. The Morgan fingerprint density at radius 1 is 1.42 bits per heavy atom. The van der Waals surface area contributed by atoms with Gasteiger partial charge in [0.15, 0.2) is 17.4 Å². The van der Waals surface area contributed by atoms with Crippen molar-refractivity contribution < 1.29 is 13.9 Å². The molecular weight excluding hydrogens is 168 g/mol. The molecule has 0 saturated carbocycles. The zero-order chi connectivity index (χ0) is 9.14. The molecule has 0 unspecified atom stereocenters. The van der Waals surface area contributed by atoms with Crippen molar-refractivity contribution in [1.29, 1.82) is 0 Å². The first-order chi connectivity index (χ1) is 5.66. The van der Waals surface area contributed by atoms with Crippen LogP contribution in [0.25, 0.3) is 10.4 Å². The molecule has 0 bridgehead atoms. The van der Waals surface area contributed by atoms with Crippen molar-refractivity contribution in [2.24, 2.45) is 5.11 Å². The van der Waals surface area contributed by atoms with E-state index in [1.165, 1.54) is 0 Å². The van der Waals surface area contributed by atoms with Crippen molar-refractivity contribution in [3.8, 4) is 5.75 Å². The van der Waals surface area contributed by atoms with Crippen LogP contribution in [-0.2, 0) is 0 Å². The Kier molecular flexibility index (Phi) is 2.11. The van der Waals surface area contributed by atoms with Gasteiger partial charge in [-0.1, -0.05) is 5.11 Å². The number of aromatic hydroxyl groups is 1. The van der Waals surface area contributed by atoms with Crippen LogP contribution >= 0.6 is 0 Å². The molecule has 0 heterocycles. The Balaban J connectivity index is 3.35. The fraction of sp³-hybridized carbons (Fsp3) is 0. The molecule has 0 aliphatic heterocycles. The summed E-state index contributed by atoms with van der Waals surface area (Å²) in [5, 5.41) is 11.6. The van der Waals surface area contributed by atoms with Crippen molar-refractivity contribution in [1.82, 2.24) is 0 Å². The number of hydrogen-bond donors (Lipinski definition) is 1. The van der Waals surface area contributed by atoms with E-state index in [2.05, 4.69) is 10.0 Å². The standard InChI is InChI=1S/C6H3F2N3O/c7-3-1-2-4(10-11-9)5(8)6(3)12/h1-2,12H. The average molecular weight is 171 g/mol. The summed E-state index contributed by atoms with van der Waals surface area (Å²) in [4.78, 5) is 2.29. The lowest BCUT2D eigenvalue weighted by molar-refractivity contribution is 0.397. The van der Waals surface area contributed by atoms with Crippen LogP contribution in [0.4, 0.5) is 14.5 Å². The Morgan fingerprint density at radius 2 is 2.08 bits per heavy atom. The predicted molar refractivity (Wildman–Crippen MR) is 36.8 cm³/mol. The van der Waals surface area contributed by atoms with Crippen molar-refractivity contribution in [2.45, 2.75) is 0 Å². The van der Waals surface area contributed by atoms with Gasteiger partial charge in [0.25, 0.3) is 0 Å². The summed E-state index contributed by atoms with van der Waals surface area (Å²) < 4.78 is 25.1. The van der Waals surface area contributed by atoms with E-state index in [9.17, 15) is 8.78 Å². The van der Waals surface area contributed by atoms with Crippen molar-refractivity contribution in [3.05, 3.63) is 34.2 Å². The lowest BCUT2D eigenvalue weighted by Crippen LogP contribution is -1.81. The predicted octanol–water partition coefficient (Wildman–Crippen LogP) is 2.61. The minimum Gasteiger partial charge on any atom is -0.503 e. The van der Waals surface area contributed by atoms with E-state index in [1.807, 2.05) is 0 Å². The van der Waals surface area contributed by atoms with Crippen LogP contribution in [0.1, 0.15) is 0 Å². The maximum atomic E-state index is 12.7. The van der Waals surface area contributed by atoms with Crippen molar-refractivity contribution in [2.75, 3.05) is 0 Å². The van der Waals surface area contributed by atoms with E-state index < -0.39 is 23.1 Å². The third-order valence-electron chi connectivity index (χ3n) is 1.20. The van der Waals surface area contributed by atoms with Crippen LogP contribution in [-0.4, -0.2) is 5.11 Å². The van der Waals surface area contributed by atoms with Gasteiger partial charge in [-0.15, -0.1) is 0 Å². The SMILES string of the molecule is [N-]=[N+]=Nc1ccc(F)c(O)c1F. The molecule has 0 spiro atoms. The molecule has 0 fully saturated rings. The van der Waals surface area contributed by atoms with E-state index in [1.54, 1.807) is 0 Å². The smallest absolute Gasteiger partial charge is 0.188 e. The molecular formula is C6H3F2N3O. The monoisotopic (exact) mass is 171 g/mol. The van der Waals surface area contributed by atoms with Gasteiger partial charge in [-0.3, -0.25) is 0 Å². The number of phenols is 1. The lowest BCUT2D eigenvalue weighted by Gasteiger charge is -1.98. The minimum atomic E-state index is -1.26. The highest BCUT2D eigenvalue weighted by atomic mass is 19.1. The van der Waals surface area contributed by atoms with Gasteiger partial charge in [0, 0.05) is 4.91 Å². The van der Waals surface area contributed by atoms with Gasteiger partial charge < -0.3 is 5.11 Å². The van der Waals surface area contributed by atoms with Crippen molar-refractivity contribution in [3.63, 3.8) is 0 Å². The Morgan fingerprint density at radius 3 is 2.67 bits per heavy atom. The molecule has 1 aromatic rings. The van der Waals surface area contributed by atoms with Crippen LogP contribution in [0.3, 0.4) is 0 Å². The number of nitrogens with zero attached hydrogens (tertiary/aromatic N) is 3. The summed E-state index contributed by atoms with van der Waals surface area (Å²) in [6, 6.07) is 1.74. The number of azide groups is 1. The fourth-order valence-corrected chi connectivity index (χ4v) is 0.656. The lowest BCUT2D eigenvalue weighted by atomic mass is 10.3. The third kappa shape index (κ3) is 1.28. The number of hydrogen-bond acceptors (Lipinski definition) is 2. The van der Waals surface area contributed by atoms with Gasteiger partial charge in [-0.25, -0.2) is 8.78 Å². The number of phenolic OH excluding ortho intramolecular Hbond substituents is 1. The zero-order valence-corrected chi connectivity index (χ0v) is 5.70. The Hall–Kier alpha value is -1.81. The number of halogens is 2. The second-order valence-corrected chi connectivity index (χ2v) is 1.92. The van der Waals surface area contributed by atoms with E-state index in [0.29, 0.717) is 0 Å². The summed E-state index contributed by atoms with van der Waals surface area (Å²) in [5.41, 5.74) is 7.49. The highest BCUT2D eigenvalue weighted by Crippen LogP contribution is 2.28. The summed E-state index contributed by atoms with van der Waals surface area (Å²) in [6.07, 6.45) is 0. The quantitative estimate of drug-likeness (QED) is 0.393. The van der Waals surface area contributed by atoms with Gasteiger partial charge in [-0.05, 0) is 17.7 Å². The average Bonchev–Trinajstić information content (AvgIpc) is 2.07. The van der Waals surface area contributed by atoms with E-state index in [4.69, 9.17) is 10.6 Å². The van der Waals surface area contributed by atoms with Gasteiger partial charge in [0.2, 0.25) is 0 Å². The molecule has 6 heteroatoms. The second-order valence-electron chi connectivity index (χ2n) is 1.92. The summed E-state index contributed by atoms with van der Waals surface area (Å²) in [6.45, 7) is 0. The first kappa shape index (κ1) is 8.29. The van der Waals surface area contributed by atoms with Gasteiger partial charge in [0.1, 0.15) is 0 Å². The molecule has 12 heavy (non-hydrogen) atoms. The maximum Gasteiger partial charge on any atom is 0.188 e. The summed E-state index contributed by atoms with van der Waals surface area (Å²) in [5.74, 6) is -3.49. The number of benzene rings is 1. The summed E-state index contributed by atoms with van der Waals surface area (Å²) in [7, 11) is 0. The van der Waals surface area contributed by atoms with Crippen LogP contribution in [0, 0.1) is 11.6 Å². The first-order valence-corrected chi connectivity index (χ1v) is 2.89. The molecule has 4 nitrogen and oxygen atoms in total. The van der Waals surface area contributed by atoms with Crippen LogP contribution in [0.2, 0.25) is 0 Å². The van der Waals surface area contributed by atoms with Crippen LogP contribution < -0.4 is 0 Å². The normalized spacial score (nSPS) is 9.17. The highest BCUT2D eigenvalue weighted by Gasteiger charge is 2.10. The van der Waals surface area contributed by atoms with Crippen molar-refractivity contribution >= 4 is 5.69 Å². The highest BCUT2D eigenvalue weighted by molar-refractivity contribution is 5.45. The first-order valence-electron chi connectivity index (χ1n) is 2.89. The Bertz CT molecular complexity index is 360. The largest absolute Gasteiger partial charge is 0.503 e. The van der Waals surface area contributed by atoms with Gasteiger partial charge >= 0.3 is 0 Å². The van der Waals surface area contributed by atoms with Gasteiger partial charge in [-0.2, -0.15) is 0 Å². The third-order valence-corrected chi connectivity index (χ3v) is 1.20. The molecule has 1 N–H and O–H groups in total. The van der Waals surface area contributed by atoms with E-state index in [-0.39, 0.29) is 0 Å². The molecule has 0 saturated heterocycles. The second kappa shape index (κ2) is 3.06. The maximum absolute atomic E-state index is 12.7. The molecule has 0 aromatic heterocycles. The van der Waals surface area contributed by atoms with Crippen LogP contribution in [0.15, 0.2) is 17.2 Å². The molecule has 1 rings (SSSR count). The fourth-order valence-electron chi connectivity index (χ4n) is 0.656. The van der Waals surface area contributed by atoms with E-state index >= 15 is 0 Å². The number of rotatable bonds is 1. The molecule has 0 amide bonds. The molecule has 0 aliphatic rings.